The number of rotatable bonds is 5. The van der Waals surface area contributed by atoms with E-state index in [9.17, 15) is 9.59 Å². The fourth-order valence-electron chi connectivity index (χ4n) is 2.54. The molecule has 132 valence electrons. The minimum atomic E-state index is -0.309. The van der Waals surface area contributed by atoms with Crippen molar-refractivity contribution in [2.24, 2.45) is 0 Å². The molecule has 9 heteroatoms. The maximum absolute atomic E-state index is 12.1. The summed E-state index contributed by atoms with van der Waals surface area (Å²) >= 11 is 0. The zero-order chi connectivity index (χ0) is 17.8. The molecule has 3 amide bonds. The maximum atomic E-state index is 12.1. The van der Waals surface area contributed by atoms with Crippen LogP contribution in [0, 0.1) is 0 Å². The number of carbonyl (C=O) groups excluding carboxylic acids is 2. The molecule has 0 spiro atoms. The highest BCUT2D eigenvalue weighted by atomic mass is 16.5. The summed E-state index contributed by atoms with van der Waals surface area (Å²) in [5.74, 6) is 1.13. The molecule has 0 saturated heterocycles. The minimum Gasteiger partial charge on any atom is -0.482 e. The average Bonchev–Trinajstić information content (AvgIpc) is 3.06. The third-order valence-electron chi connectivity index (χ3n) is 3.93. The molecule has 1 aromatic carbocycles. The number of ether oxygens (including phenoxy) is 1. The van der Waals surface area contributed by atoms with Gasteiger partial charge in [0.1, 0.15) is 12.1 Å². The molecule has 1 aliphatic rings. The molecule has 9 nitrogen and oxygen atoms in total. The second-order valence-corrected chi connectivity index (χ2v) is 5.67. The van der Waals surface area contributed by atoms with Crippen molar-refractivity contribution >= 4 is 17.6 Å². The van der Waals surface area contributed by atoms with Crippen LogP contribution in [0.3, 0.4) is 0 Å². The van der Waals surface area contributed by atoms with E-state index in [2.05, 4.69) is 26.1 Å². The zero-order valence-corrected chi connectivity index (χ0v) is 14.1. The highest BCUT2D eigenvalue weighted by Gasteiger charge is 2.18. The van der Waals surface area contributed by atoms with E-state index < -0.39 is 0 Å². The number of carbonyl (C=O) groups is 2. The normalized spacial score (nSPS) is 14.1. The van der Waals surface area contributed by atoms with E-state index >= 15 is 0 Å². The van der Waals surface area contributed by atoms with Crippen molar-refractivity contribution in [2.45, 2.75) is 33.0 Å². The fraction of sp³-hybridized carbons (Fsp3) is 0.375. The van der Waals surface area contributed by atoms with Crippen molar-refractivity contribution in [1.82, 2.24) is 25.4 Å². The molecule has 1 aliphatic heterocycles. The van der Waals surface area contributed by atoms with E-state index in [4.69, 9.17) is 4.74 Å². The van der Waals surface area contributed by atoms with Gasteiger partial charge in [-0.3, -0.25) is 4.79 Å². The van der Waals surface area contributed by atoms with Gasteiger partial charge >= 0.3 is 6.03 Å². The fourth-order valence-corrected chi connectivity index (χ4v) is 2.54. The standard InChI is InChI=1S/C16H20N6O3/c1-3-22-9-18-21-14(22)7-17-16(24)19-10(2)11-4-5-13-12(6-11)20-15(23)8-25-13/h4-6,9-10H,3,7-8H2,1-2H3,(H,20,23)(H2,17,19,24)/t10-/m0/s1. The number of amides is 3. The zero-order valence-electron chi connectivity index (χ0n) is 14.1. The van der Waals surface area contributed by atoms with Crippen LogP contribution in [-0.4, -0.2) is 33.3 Å². The Balaban J connectivity index is 1.58. The summed E-state index contributed by atoms with van der Waals surface area (Å²) in [6.45, 7) is 4.89. The van der Waals surface area contributed by atoms with Gasteiger partial charge in [0.25, 0.3) is 5.91 Å². The molecule has 0 fully saturated rings. The van der Waals surface area contributed by atoms with Gasteiger partial charge < -0.3 is 25.3 Å². The number of aromatic nitrogens is 3. The molecule has 0 bridgehead atoms. The number of nitrogens with one attached hydrogen (secondary N) is 3. The summed E-state index contributed by atoms with van der Waals surface area (Å²) in [4.78, 5) is 23.5. The van der Waals surface area contributed by atoms with Crippen molar-refractivity contribution in [1.29, 1.82) is 0 Å². The first-order valence-electron chi connectivity index (χ1n) is 8.04. The SMILES string of the molecule is CCn1cnnc1CNC(=O)N[C@@H](C)c1ccc2c(c1)NC(=O)CO2. The number of hydrogen-bond donors (Lipinski definition) is 3. The Morgan fingerprint density at radius 1 is 1.48 bits per heavy atom. The second kappa shape index (κ2) is 7.20. The number of hydrogen-bond acceptors (Lipinski definition) is 5. The molecule has 0 saturated carbocycles. The Morgan fingerprint density at radius 3 is 3.12 bits per heavy atom. The van der Waals surface area contributed by atoms with E-state index in [1.807, 2.05) is 24.5 Å². The largest absolute Gasteiger partial charge is 0.482 e. The van der Waals surface area contributed by atoms with Crippen LogP contribution in [0.15, 0.2) is 24.5 Å². The van der Waals surface area contributed by atoms with Crippen LogP contribution < -0.4 is 20.7 Å². The Bertz CT molecular complexity index is 788. The monoisotopic (exact) mass is 344 g/mol. The van der Waals surface area contributed by atoms with Crippen LogP contribution in [0.4, 0.5) is 10.5 Å². The van der Waals surface area contributed by atoms with Crippen LogP contribution in [0.5, 0.6) is 5.75 Å². The summed E-state index contributed by atoms with van der Waals surface area (Å²) in [6, 6.07) is 4.88. The summed E-state index contributed by atoms with van der Waals surface area (Å²) < 4.78 is 7.18. The van der Waals surface area contributed by atoms with Gasteiger partial charge in [0.05, 0.1) is 18.3 Å². The summed E-state index contributed by atoms with van der Waals surface area (Å²) in [7, 11) is 0. The van der Waals surface area contributed by atoms with Crippen molar-refractivity contribution in [2.75, 3.05) is 11.9 Å². The highest BCUT2D eigenvalue weighted by molar-refractivity contribution is 5.95. The molecule has 0 aliphatic carbocycles. The predicted octanol–water partition coefficient (Wildman–Crippen LogP) is 1.19. The van der Waals surface area contributed by atoms with Gasteiger partial charge in [-0.1, -0.05) is 6.07 Å². The number of aryl methyl sites for hydroxylation is 1. The highest BCUT2D eigenvalue weighted by Crippen LogP contribution is 2.30. The van der Waals surface area contributed by atoms with Gasteiger partial charge in [0, 0.05) is 6.54 Å². The molecule has 25 heavy (non-hydrogen) atoms. The van der Waals surface area contributed by atoms with Gasteiger partial charge in [-0.15, -0.1) is 10.2 Å². The number of fused-ring (bicyclic) bond motifs is 1. The molecule has 2 heterocycles. The molecule has 3 rings (SSSR count). The maximum Gasteiger partial charge on any atom is 0.315 e. The Kier molecular flexibility index (Phi) is 4.82. The summed E-state index contributed by atoms with van der Waals surface area (Å²) in [5.41, 5.74) is 1.47. The number of urea groups is 1. The van der Waals surface area contributed by atoms with Crippen molar-refractivity contribution in [3.63, 3.8) is 0 Å². The third-order valence-corrected chi connectivity index (χ3v) is 3.93. The van der Waals surface area contributed by atoms with E-state index in [0.717, 1.165) is 12.1 Å². The van der Waals surface area contributed by atoms with Crippen LogP contribution in [0.1, 0.15) is 31.3 Å². The topological polar surface area (TPSA) is 110 Å². The van der Waals surface area contributed by atoms with Gasteiger partial charge in [0.15, 0.2) is 12.4 Å². The van der Waals surface area contributed by atoms with E-state index in [0.29, 0.717) is 23.8 Å². The second-order valence-electron chi connectivity index (χ2n) is 5.67. The first-order chi connectivity index (χ1) is 12.1. The lowest BCUT2D eigenvalue weighted by atomic mass is 10.1. The van der Waals surface area contributed by atoms with Crippen LogP contribution >= 0.6 is 0 Å². The van der Waals surface area contributed by atoms with Crippen LogP contribution in [-0.2, 0) is 17.9 Å². The lowest BCUT2D eigenvalue weighted by Crippen LogP contribution is -2.37. The Labute approximate surface area is 144 Å². The Hall–Kier alpha value is -3.10. The molecule has 0 radical (unpaired) electrons. The Morgan fingerprint density at radius 2 is 2.32 bits per heavy atom. The molecule has 3 N–H and O–H groups in total. The van der Waals surface area contributed by atoms with Gasteiger partial charge in [-0.2, -0.15) is 0 Å². The summed E-state index contributed by atoms with van der Waals surface area (Å²) in [5, 5.41) is 16.2. The number of anilines is 1. The quantitative estimate of drug-likeness (QED) is 0.755. The minimum absolute atomic E-state index is 0.0188. The van der Waals surface area contributed by atoms with Crippen molar-refractivity contribution in [3.05, 3.63) is 35.9 Å². The molecule has 1 aromatic heterocycles. The van der Waals surface area contributed by atoms with Crippen LogP contribution in [0.2, 0.25) is 0 Å². The molecular weight excluding hydrogens is 324 g/mol. The van der Waals surface area contributed by atoms with Crippen molar-refractivity contribution in [3.8, 4) is 5.75 Å². The summed E-state index contributed by atoms with van der Waals surface area (Å²) in [6.07, 6.45) is 1.63. The first-order valence-corrected chi connectivity index (χ1v) is 8.04. The molecular formula is C16H20N6O3. The average molecular weight is 344 g/mol. The van der Waals surface area contributed by atoms with E-state index in [1.165, 1.54) is 0 Å². The predicted molar refractivity (Wildman–Crippen MR) is 90.0 cm³/mol. The lowest BCUT2D eigenvalue weighted by Gasteiger charge is -2.21. The molecule has 0 unspecified atom stereocenters. The number of benzene rings is 1. The van der Waals surface area contributed by atoms with Gasteiger partial charge in [0.2, 0.25) is 0 Å². The molecule has 2 aromatic rings. The lowest BCUT2D eigenvalue weighted by molar-refractivity contribution is -0.118. The smallest absolute Gasteiger partial charge is 0.315 e. The molecule has 1 atom stereocenters. The number of nitrogens with zero attached hydrogens (tertiary/aromatic N) is 3. The van der Waals surface area contributed by atoms with E-state index in [1.54, 1.807) is 18.5 Å². The van der Waals surface area contributed by atoms with Gasteiger partial charge in [-0.05, 0) is 31.5 Å². The third kappa shape index (κ3) is 3.87. The van der Waals surface area contributed by atoms with Crippen LogP contribution in [0.25, 0.3) is 0 Å². The first kappa shape index (κ1) is 16.7. The van der Waals surface area contributed by atoms with Gasteiger partial charge in [-0.25, -0.2) is 4.79 Å². The van der Waals surface area contributed by atoms with Crippen molar-refractivity contribution < 1.29 is 14.3 Å². The van der Waals surface area contributed by atoms with E-state index in [-0.39, 0.29) is 24.6 Å².